The molecule has 9 nitrogen and oxygen atoms in total. The summed E-state index contributed by atoms with van der Waals surface area (Å²) in [4.78, 5) is 11.5. The van der Waals surface area contributed by atoms with Gasteiger partial charge in [0, 0.05) is 17.1 Å². The number of hydrogen-bond acceptors (Lipinski definition) is 8. The summed E-state index contributed by atoms with van der Waals surface area (Å²) in [6.07, 6.45) is 3.54. The first-order valence-corrected chi connectivity index (χ1v) is 11.9. The second-order valence-electron chi connectivity index (χ2n) is 8.02. The van der Waals surface area contributed by atoms with E-state index in [4.69, 9.17) is 21.3 Å². The number of nitrogens with zero attached hydrogens (tertiary/aromatic N) is 7. The number of benzene rings is 2. The lowest BCUT2D eigenvalue weighted by atomic mass is 10.2. The zero-order chi connectivity index (χ0) is 24.5. The molecular weight excluding hydrogens is 532 g/mol. The van der Waals surface area contributed by atoms with Gasteiger partial charge in [-0.2, -0.15) is 30.1 Å². The Kier molecular flexibility index (Phi) is 6.16. The lowest BCUT2D eigenvalue weighted by molar-refractivity contribution is 0.414. The summed E-state index contributed by atoms with van der Waals surface area (Å²) in [5.41, 5.74) is 2.69. The van der Waals surface area contributed by atoms with Gasteiger partial charge in [-0.05, 0) is 58.6 Å². The van der Waals surface area contributed by atoms with Crippen LogP contribution < -0.4 is 15.0 Å². The van der Waals surface area contributed by atoms with Crippen molar-refractivity contribution in [3.63, 3.8) is 0 Å². The molecule has 2 aromatic carbocycles. The number of rotatable bonds is 7. The predicted octanol–water partition coefficient (Wildman–Crippen LogP) is 5.20. The largest absolute Gasteiger partial charge is 0.497 e. The highest BCUT2D eigenvalue weighted by Gasteiger charge is 2.33. The summed E-state index contributed by atoms with van der Waals surface area (Å²) < 4.78 is 7.44. The van der Waals surface area contributed by atoms with Crippen LogP contribution in [0.5, 0.6) is 5.75 Å². The Balaban J connectivity index is 1.59. The molecular formula is C24H18BrClN8O. The lowest BCUT2D eigenvalue weighted by Crippen LogP contribution is -2.29. The molecule has 1 saturated carbocycles. The van der Waals surface area contributed by atoms with Gasteiger partial charge in [-0.15, -0.1) is 0 Å². The fourth-order valence-electron chi connectivity index (χ4n) is 3.73. The van der Waals surface area contributed by atoms with Crippen LogP contribution in [0, 0.1) is 22.7 Å². The van der Waals surface area contributed by atoms with Gasteiger partial charge in [0.05, 0.1) is 35.6 Å². The van der Waals surface area contributed by atoms with Crippen molar-refractivity contribution in [1.82, 2.24) is 19.6 Å². The number of hydrogen-bond donors (Lipinski definition) is 1. The molecule has 0 amide bonds. The lowest BCUT2D eigenvalue weighted by Gasteiger charge is -2.24. The number of fused-ring (bicyclic) bond motifs is 1. The summed E-state index contributed by atoms with van der Waals surface area (Å²) in [6.45, 7) is 0.595. The topological polar surface area (TPSA) is 115 Å². The highest BCUT2D eigenvalue weighted by molar-refractivity contribution is 9.10. The minimum atomic E-state index is 0.244. The standard InChI is InChI=1S/C24H18BrClN8O/c1-35-18-6-2-14(3-7-18)13-33(17-4-5-17)24-32-23(31-22-16(11-28)12-29-34(22)24)30-20-9-15(10-27)8-19(25)21(20)26/h2-3,6-9,12,17H,4-5,13H2,1H3,(H,30,31). The molecule has 0 unspecified atom stereocenters. The van der Waals surface area contributed by atoms with Crippen molar-refractivity contribution in [2.75, 3.05) is 17.3 Å². The number of aromatic nitrogens is 4. The van der Waals surface area contributed by atoms with Crippen LogP contribution in [0.15, 0.2) is 47.1 Å². The van der Waals surface area contributed by atoms with E-state index >= 15 is 0 Å². The third kappa shape index (κ3) is 4.59. The van der Waals surface area contributed by atoms with Gasteiger partial charge in [-0.25, -0.2) is 0 Å². The number of halogens is 2. The molecule has 0 bridgehead atoms. The normalized spacial score (nSPS) is 12.7. The Morgan fingerprint density at radius 2 is 1.97 bits per heavy atom. The van der Waals surface area contributed by atoms with Crippen molar-refractivity contribution in [3.8, 4) is 17.9 Å². The summed E-state index contributed by atoms with van der Waals surface area (Å²) in [6, 6.07) is 15.7. The Morgan fingerprint density at radius 1 is 1.20 bits per heavy atom. The molecule has 11 heteroatoms. The van der Waals surface area contributed by atoms with E-state index in [1.54, 1.807) is 23.8 Å². The minimum Gasteiger partial charge on any atom is -0.497 e. The third-order valence-corrected chi connectivity index (χ3v) is 6.89. The Bertz CT molecular complexity index is 1500. The molecule has 1 N–H and O–H groups in total. The number of anilines is 3. The number of ether oxygens (including phenoxy) is 1. The van der Waals surface area contributed by atoms with Crippen LogP contribution in [0.25, 0.3) is 5.65 Å². The molecule has 1 fully saturated rings. The van der Waals surface area contributed by atoms with Crippen LogP contribution in [0.1, 0.15) is 29.5 Å². The van der Waals surface area contributed by atoms with Crippen LogP contribution in [-0.4, -0.2) is 32.7 Å². The van der Waals surface area contributed by atoms with Crippen LogP contribution in [0.2, 0.25) is 5.02 Å². The van der Waals surface area contributed by atoms with Crippen molar-refractivity contribution in [2.45, 2.75) is 25.4 Å². The molecule has 174 valence electrons. The van der Waals surface area contributed by atoms with E-state index in [9.17, 15) is 10.5 Å². The monoisotopic (exact) mass is 548 g/mol. The number of methoxy groups -OCH3 is 1. The number of nitriles is 2. The number of nitrogens with one attached hydrogen (secondary N) is 1. The van der Waals surface area contributed by atoms with Crippen LogP contribution >= 0.6 is 27.5 Å². The SMILES string of the molecule is COc1ccc(CN(c2nc(Nc3cc(C#N)cc(Br)c3Cl)nc3c(C#N)cnn23)C2CC2)cc1. The molecule has 4 aromatic rings. The Morgan fingerprint density at radius 3 is 2.63 bits per heavy atom. The van der Waals surface area contributed by atoms with E-state index in [-0.39, 0.29) is 12.0 Å². The first kappa shape index (κ1) is 22.9. The Labute approximate surface area is 214 Å². The predicted molar refractivity (Wildman–Crippen MR) is 135 cm³/mol. The third-order valence-electron chi connectivity index (χ3n) is 5.63. The maximum Gasteiger partial charge on any atom is 0.232 e. The fraction of sp³-hybridized carbons (Fsp3) is 0.208. The molecule has 0 atom stereocenters. The van der Waals surface area contributed by atoms with Gasteiger partial charge in [0.2, 0.25) is 11.9 Å². The molecule has 1 aliphatic rings. The summed E-state index contributed by atoms with van der Waals surface area (Å²) in [7, 11) is 1.64. The first-order chi connectivity index (χ1) is 17.0. The molecule has 2 heterocycles. The molecule has 0 saturated heterocycles. The summed E-state index contributed by atoms with van der Waals surface area (Å²) >= 11 is 9.84. The fourth-order valence-corrected chi connectivity index (χ4v) is 4.34. The molecule has 0 spiro atoms. The smallest absolute Gasteiger partial charge is 0.232 e. The van der Waals surface area contributed by atoms with Gasteiger partial charge in [0.15, 0.2) is 5.65 Å². The van der Waals surface area contributed by atoms with Gasteiger partial charge in [0.1, 0.15) is 17.4 Å². The van der Waals surface area contributed by atoms with Crippen molar-refractivity contribution < 1.29 is 4.74 Å². The van der Waals surface area contributed by atoms with Gasteiger partial charge >= 0.3 is 0 Å². The molecule has 1 aliphatic carbocycles. The van der Waals surface area contributed by atoms with Crippen molar-refractivity contribution in [1.29, 1.82) is 10.5 Å². The molecule has 2 aromatic heterocycles. The van der Waals surface area contributed by atoms with E-state index < -0.39 is 0 Å². The highest BCUT2D eigenvalue weighted by Crippen LogP contribution is 2.36. The van der Waals surface area contributed by atoms with E-state index in [0.717, 1.165) is 24.2 Å². The average Bonchev–Trinajstić information content (AvgIpc) is 3.64. The quantitative estimate of drug-likeness (QED) is 0.334. The highest BCUT2D eigenvalue weighted by atomic mass is 79.9. The van der Waals surface area contributed by atoms with Crippen LogP contribution in [0.4, 0.5) is 17.6 Å². The summed E-state index contributed by atoms with van der Waals surface area (Å²) in [5, 5.41) is 26.9. The van der Waals surface area contributed by atoms with E-state index in [0.29, 0.717) is 44.4 Å². The van der Waals surface area contributed by atoms with Gasteiger partial charge < -0.3 is 15.0 Å². The zero-order valence-electron chi connectivity index (χ0n) is 18.5. The molecule has 5 rings (SSSR count). The second-order valence-corrected chi connectivity index (χ2v) is 9.25. The molecule has 35 heavy (non-hydrogen) atoms. The van der Waals surface area contributed by atoms with Crippen molar-refractivity contribution >= 4 is 50.8 Å². The van der Waals surface area contributed by atoms with Crippen molar-refractivity contribution in [2.24, 2.45) is 0 Å². The minimum absolute atomic E-state index is 0.244. The van der Waals surface area contributed by atoms with Crippen LogP contribution in [0.3, 0.4) is 0 Å². The average molecular weight is 550 g/mol. The van der Waals surface area contributed by atoms with Crippen LogP contribution in [-0.2, 0) is 6.54 Å². The summed E-state index contributed by atoms with van der Waals surface area (Å²) in [5.74, 6) is 1.59. The molecule has 0 radical (unpaired) electrons. The van der Waals surface area contributed by atoms with E-state index in [1.807, 2.05) is 24.3 Å². The van der Waals surface area contributed by atoms with Gasteiger partial charge in [-0.1, -0.05) is 23.7 Å². The maximum absolute atomic E-state index is 9.62. The second kappa shape index (κ2) is 9.41. The van der Waals surface area contributed by atoms with E-state index in [2.05, 4.69) is 48.4 Å². The molecule has 0 aliphatic heterocycles. The van der Waals surface area contributed by atoms with Crippen molar-refractivity contribution in [3.05, 3.63) is 68.8 Å². The van der Waals surface area contributed by atoms with Gasteiger partial charge in [-0.3, -0.25) is 0 Å². The first-order valence-electron chi connectivity index (χ1n) is 10.7. The zero-order valence-corrected chi connectivity index (χ0v) is 20.9. The maximum atomic E-state index is 9.62. The van der Waals surface area contributed by atoms with Gasteiger partial charge in [0.25, 0.3) is 0 Å². The Hall–Kier alpha value is -3.86. The van der Waals surface area contributed by atoms with E-state index in [1.165, 1.54) is 6.20 Å².